The first-order valence-corrected chi connectivity index (χ1v) is 7.69. The zero-order valence-electron chi connectivity index (χ0n) is 11.7. The summed E-state index contributed by atoms with van der Waals surface area (Å²) in [6.45, 7) is 2.70. The number of nitrogens with one attached hydrogen (secondary N) is 1. The summed E-state index contributed by atoms with van der Waals surface area (Å²) in [5.41, 5.74) is 4.00. The molecular formula is C15H14BrClN4. The monoisotopic (exact) mass is 364 g/mol. The first-order valence-electron chi connectivity index (χ1n) is 6.52. The van der Waals surface area contributed by atoms with Crippen molar-refractivity contribution in [3.63, 3.8) is 0 Å². The molecule has 2 heterocycles. The van der Waals surface area contributed by atoms with Crippen LogP contribution in [0.5, 0.6) is 0 Å². The molecule has 108 valence electrons. The fraction of sp³-hybridized carbons (Fsp3) is 0.200. The first-order chi connectivity index (χ1) is 10.0. The molecule has 0 saturated carbocycles. The first kappa shape index (κ1) is 14.4. The highest BCUT2D eigenvalue weighted by molar-refractivity contribution is 9.10. The van der Waals surface area contributed by atoms with Gasteiger partial charge in [0, 0.05) is 23.5 Å². The van der Waals surface area contributed by atoms with Crippen LogP contribution in [0.4, 0.5) is 5.69 Å². The highest BCUT2D eigenvalue weighted by Crippen LogP contribution is 2.24. The van der Waals surface area contributed by atoms with Crippen molar-refractivity contribution in [2.75, 3.05) is 5.32 Å². The van der Waals surface area contributed by atoms with E-state index in [2.05, 4.69) is 37.4 Å². The number of aromatic nitrogens is 3. The van der Waals surface area contributed by atoms with Crippen molar-refractivity contribution in [3.05, 3.63) is 51.2 Å². The minimum atomic E-state index is 0.711. The molecular weight excluding hydrogens is 352 g/mol. The Kier molecular flexibility index (Phi) is 3.87. The number of benzene rings is 1. The van der Waals surface area contributed by atoms with Crippen LogP contribution >= 0.6 is 27.5 Å². The van der Waals surface area contributed by atoms with Gasteiger partial charge in [-0.15, -0.1) is 0 Å². The van der Waals surface area contributed by atoms with Crippen LogP contribution in [0.1, 0.15) is 11.3 Å². The molecule has 6 heteroatoms. The van der Waals surface area contributed by atoms with E-state index in [0.29, 0.717) is 11.6 Å². The summed E-state index contributed by atoms with van der Waals surface area (Å²) < 4.78 is 2.70. The second kappa shape index (κ2) is 5.66. The summed E-state index contributed by atoms with van der Waals surface area (Å²) in [6, 6.07) is 7.98. The maximum atomic E-state index is 6.00. The number of hydrogen-bond donors (Lipinski definition) is 1. The number of nitrogens with zero attached hydrogens (tertiary/aromatic N) is 3. The van der Waals surface area contributed by atoms with Gasteiger partial charge in [-0.25, -0.2) is 4.98 Å². The third kappa shape index (κ3) is 2.89. The van der Waals surface area contributed by atoms with Crippen molar-refractivity contribution in [2.45, 2.75) is 13.5 Å². The lowest BCUT2D eigenvalue weighted by molar-refractivity contribution is 0.774. The van der Waals surface area contributed by atoms with Gasteiger partial charge in [0.15, 0.2) is 5.65 Å². The number of rotatable bonds is 3. The van der Waals surface area contributed by atoms with Crippen LogP contribution in [-0.2, 0) is 13.6 Å². The molecule has 0 saturated heterocycles. The molecule has 0 aliphatic carbocycles. The zero-order valence-corrected chi connectivity index (χ0v) is 14.0. The Balaban J connectivity index is 1.81. The van der Waals surface area contributed by atoms with Crippen LogP contribution in [0.25, 0.3) is 11.0 Å². The van der Waals surface area contributed by atoms with Gasteiger partial charge in [0.05, 0.1) is 22.6 Å². The molecule has 3 aromatic rings. The second-order valence-electron chi connectivity index (χ2n) is 4.91. The maximum absolute atomic E-state index is 6.00. The van der Waals surface area contributed by atoms with Crippen LogP contribution in [0, 0.1) is 6.92 Å². The number of aryl methyl sites for hydroxylation is 2. The van der Waals surface area contributed by atoms with Gasteiger partial charge in [-0.05, 0) is 46.6 Å². The third-order valence-corrected chi connectivity index (χ3v) is 4.56. The zero-order chi connectivity index (χ0) is 15.0. The molecule has 0 atom stereocenters. The molecule has 0 radical (unpaired) electrons. The summed E-state index contributed by atoms with van der Waals surface area (Å²) in [5.74, 6) is 0. The van der Waals surface area contributed by atoms with E-state index in [1.54, 1.807) is 4.68 Å². The van der Waals surface area contributed by atoms with Crippen LogP contribution < -0.4 is 5.32 Å². The fourth-order valence-corrected chi connectivity index (χ4v) is 2.80. The lowest BCUT2D eigenvalue weighted by Gasteiger charge is -2.07. The minimum absolute atomic E-state index is 0.711. The topological polar surface area (TPSA) is 42.7 Å². The highest BCUT2D eigenvalue weighted by atomic mass is 79.9. The van der Waals surface area contributed by atoms with Crippen molar-refractivity contribution in [1.82, 2.24) is 14.8 Å². The Bertz CT molecular complexity index is 813. The molecule has 0 aliphatic rings. The van der Waals surface area contributed by atoms with Gasteiger partial charge in [0.25, 0.3) is 0 Å². The van der Waals surface area contributed by atoms with Gasteiger partial charge in [-0.2, -0.15) is 5.10 Å². The van der Waals surface area contributed by atoms with Crippen molar-refractivity contribution < 1.29 is 0 Å². The van der Waals surface area contributed by atoms with E-state index in [1.165, 1.54) is 0 Å². The molecule has 3 rings (SSSR count). The Labute approximate surface area is 136 Å². The van der Waals surface area contributed by atoms with Gasteiger partial charge in [-0.3, -0.25) is 4.68 Å². The Morgan fingerprint density at radius 2 is 2.14 bits per heavy atom. The summed E-state index contributed by atoms with van der Waals surface area (Å²) in [6.07, 6.45) is 1.83. The average Bonchev–Trinajstić information content (AvgIpc) is 2.75. The van der Waals surface area contributed by atoms with Gasteiger partial charge < -0.3 is 5.32 Å². The normalized spacial score (nSPS) is 11.0. The van der Waals surface area contributed by atoms with E-state index < -0.39 is 0 Å². The summed E-state index contributed by atoms with van der Waals surface area (Å²) >= 11 is 9.43. The lowest BCUT2D eigenvalue weighted by atomic mass is 10.2. The predicted molar refractivity (Wildman–Crippen MR) is 89.7 cm³/mol. The molecule has 1 aromatic carbocycles. The van der Waals surface area contributed by atoms with Crippen LogP contribution in [0.15, 0.2) is 34.9 Å². The molecule has 0 fully saturated rings. The highest BCUT2D eigenvalue weighted by Gasteiger charge is 2.07. The average molecular weight is 366 g/mol. The summed E-state index contributed by atoms with van der Waals surface area (Å²) in [4.78, 5) is 4.45. The lowest BCUT2D eigenvalue weighted by Crippen LogP contribution is -2.00. The number of pyridine rings is 1. The van der Waals surface area contributed by atoms with E-state index in [-0.39, 0.29) is 0 Å². The van der Waals surface area contributed by atoms with Crippen LogP contribution in [0.2, 0.25) is 5.02 Å². The summed E-state index contributed by atoms with van der Waals surface area (Å²) in [7, 11) is 1.90. The third-order valence-electron chi connectivity index (χ3n) is 3.34. The van der Waals surface area contributed by atoms with E-state index in [4.69, 9.17) is 11.6 Å². The number of fused-ring (bicyclic) bond motifs is 1. The van der Waals surface area contributed by atoms with Gasteiger partial charge in [0.1, 0.15) is 0 Å². The minimum Gasteiger partial charge on any atom is -0.380 e. The molecule has 0 bridgehead atoms. The number of halogens is 2. The van der Waals surface area contributed by atoms with Crippen LogP contribution in [0.3, 0.4) is 0 Å². The van der Waals surface area contributed by atoms with Crippen molar-refractivity contribution in [3.8, 4) is 0 Å². The Morgan fingerprint density at radius 1 is 1.33 bits per heavy atom. The second-order valence-corrected chi connectivity index (χ2v) is 6.17. The smallest absolute Gasteiger partial charge is 0.157 e. The molecule has 0 unspecified atom stereocenters. The largest absolute Gasteiger partial charge is 0.380 e. The van der Waals surface area contributed by atoms with E-state index in [0.717, 1.165) is 32.5 Å². The molecule has 2 aromatic heterocycles. The predicted octanol–water partition coefficient (Wildman–Crippen LogP) is 4.30. The molecule has 0 aliphatic heterocycles. The van der Waals surface area contributed by atoms with Gasteiger partial charge in [0.2, 0.25) is 0 Å². The number of anilines is 1. The standard InChI is InChI=1S/C15H14BrClN4/c1-9-12-6-11(8-19-15(12)21(2)20-9)18-7-10-3-4-14(17)13(16)5-10/h3-6,8,18H,7H2,1-2H3. The van der Waals surface area contributed by atoms with Crippen molar-refractivity contribution in [1.29, 1.82) is 0 Å². The van der Waals surface area contributed by atoms with E-state index >= 15 is 0 Å². The molecule has 1 N–H and O–H groups in total. The number of hydrogen-bond acceptors (Lipinski definition) is 3. The quantitative estimate of drug-likeness (QED) is 0.752. The fourth-order valence-electron chi connectivity index (χ4n) is 2.26. The van der Waals surface area contributed by atoms with E-state index in [1.807, 2.05) is 38.4 Å². The molecule has 0 amide bonds. The van der Waals surface area contributed by atoms with Crippen molar-refractivity contribution in [2.24, 2.45) is 7.05 Å². The molecule has 21 heavy (non-hydrogen) atoms. The van der Waals surface area contributed by atoms with Crippen molar-refractivity contribution >= 4 is 44.3 Å². The Hall–Kier alpha value is -1.59. The van der Waals surface area contributed by atoms with Gasteiger partial charge >= 0.3 is 0 Å². The summed E-state index contributed by atoms with van der Waals surface area (Å²) in [5, 5.41) is 9.53. The Morgan fingerprint density at radius 3 is 2.90 bits per heavy atom. The SMILES string of the molecule is Cc1nn(C)c2ncc(NCc3ccc(Cl)c(Br)c3)cc12. The van der Waals surface area contributed by atoms with Crippen LogP contribution in [-0.4, -0.2) is 14.8 Å². The maximum Gasteiger partial charge on any atom is 0.157 e. The van der Waals surface area contributed by atoms with E-state index in [9.17, 15) is 0 Å². The molecule has 4 nitrogen and oxygen atoms in total. The van der Waals surface area contributed by atoms with Gasteiger partial charge in [-0.1, -0.05) is 17.7 Å². The molecule has 0 spiro atoms.